The van der Waals surface area contributed by atoms with Gasteiger partial charge in [-0.2, -0.15) is 5.10 Å². The lowest BCUT2D eigenvalue weighted by atomic mass is 9.86. The molecular formula is C16H18F2N4OS. The van der Waals surface area contributed by atoms with E-state index in [1.165, 1.54) is 0 Å². The van der Waals surface area contributed by atoms with Gasteiger partial charge in [0.2, 0.25) is 11.8 Å². The minimum atomic E-state index is -2.63. The molecule has 0 unspecified atom stereocenters. The minimum Gasteiger partial charge on any atom is -0.326 e. The number of hydrogen-bond donors (Lipinski definition) is 2. The molecule has 2 aromatic rings. The Hall–Kier alpha value is -2.09. The van der Waals surface area contributed by atoms with Gasteiger partial charge in [-0.15, -0.1) is 0 Å². The molecule has 0 radical (unpaired) electrons. The first-order valence-electron chi connectivity index (χ1n) is 7.79. The normalized spacial score (nSPS) is 17.6. The largest absolute Gasteiger partial charge is 0.326 e. The number of nitrogens with zero attached hydrogens (tertiary/aromatic N) is 2. The van der Waals surface area contributed by atoms with Crippen LogP contribution in [0.2, 0.25) is 0 Å². The van der Waals surface area contributed by atoms with Crippen LogP contribution < -0.4 is 5.32 Å². The minimum absolute atomic E-state index is 0.213. The van der Waals surface area contributed by atoms with Crippen molar-refractivity contribution >= 4 is 23.8 Å². The summed E-state index contributed by atoms with van der Waals surface area (Å²) in [6, 6.07) is 7.20. The number of carbonyl (C=O) groups is 1. The van der Waals surface area contributed by atoms with E-state index in [1.54, 1.807) is 22.8 Å². The molecule has 1 aromatic heterocycles. The number of amides is 1. The fourth-order valence-electron chi connectivity index (χ4n) is 2.95. The van der Waals surface area contributed by atoms with Crippen LogP contribution in [0.3, 0.4) is 0 Å². The van der Waals surface area contributed by atoms with E-state index in [4.69, 9.17) is 12.2 Å². The molecule has 24 heavy (non-hydrogen) atoms. The average Bonchev–Trinajstić information content (AvgIpc) is 2.86. The zero-order valence-electron chi connectivity index (χ0n) is 13.2. The number of aromatic nitrogens is 3. The first-order valence-corrected chi connectivity index (χ1v) is 8.20. The van der Waals surface area contributed by atoms with Crippen molar-refractivity contribution in [2.45, 2.75) is 38.5 Å². The van der Waals surface area contributed by atoms with Crippen molar-refractivity contribution in [1.29, 1.82) is 0 Å². The highest BCUT2D eigenvalue weighted by Gasteiger charge is 2.37. The molecule has 0 saturated heterocycles. The Labute approximate surface area is 143 Å². The van der Waals surface area contributed by atoms with Crippen LogP contribution in [-0.2, 0) is 4.79 Å². The van der Waals surface area contributed by atoms with Crippen molar-refractivity contribution in [3.63, 3.8) is 0 Å². The van der Waals surface area contributed by atoms with E-state index in [2.05, 4.69) is 15.5 Å². The molecule has 0 bridgehead atoms. The first kappa shape index (κ1) is 16.8. The smallest absolute Gasteiger partial charge is 0.248 e. The fourth-order valence-corrected chi connectivity index (χ4v) is 3.23. The highest BCUT2D eigenvalue weighted by molar-refractivity contribution is 7.71. The van der Waals surface area contributed by atoms with E-state index in [9.17, 15) is 13.6 Å². The van der Waals surface area contributed by atoms with Crippen LogP contribution >= 0.6 is 12.2 Å². The molecule has 3 rings (SSSR count). The van der Waals surface area contributed by atoms with Crippen LogP contribution in [0.15, 0.2) is 24.3 Å². The number of carbonyl (C=O) groups excluding carboxylic acids is 1. The van der Waals surface area contributed by atoms with Gasteiger partial charge in [-0.1, -0.05) is 6.07 Å². The van der Waals surface area contributed by atoms with Crippen molar-refractivity contribution in [1.82, 2.24) is 14.8 Å². The van der Waals surface area contributed by atoms with E-state index in [1.807, 2.05) is 13.0 Å². The third-order valence-corrected chi connectivity index (χ3v) is 4.57. The number of halogens is 2. The second-order valence-corrected chi connectivity index (χ2v) is 6.47. The maximum atomic E-state index is 13.2. The number of hydrogen-bond acceptors (Lipinski definition) is 3. The van der Waals surface area contributed by atoms with Crippen LogP contribution in [-0.4, -0.2) is 26.6 Å². The molecule has 8 heteroatoms. The molecule has 1 aromatic carbocycles. The Balaban J connectivity index is 1.74. The highest BCUT2D eigenvalue weighted by Crippen LogP contribution is 2.36. The van der Waals surface area contributed by atoms with Gasteiger partial charge in [0.05, 0.1) is 5.69 Å². The molecule has 1 fully saturated rings. The van der Waals surface area contributed by atoms with E-state index in [0.717, 1.165) is 5.69 Å². The van der Waals surface area contributed by atoms with Gasteiger partial charge in [-0.25, -0.2) is 8.78 Å². The Morgan fingerprint density at radius 2 is 2.12 bits per heavy atom. The summed E-state index contributed by atoms with van der Waals surface area (Å²) in [5, 5.41) is 9.59. The summed E-state index contributed by atoms with van der Waals surface area (Å²) in [7, 11) is 0. The second kappa shape index (κ2) is 6.43. The maximum absolute atomic E-state index is 13.2. The van der Waals surface area contributed by atoms with Gasteiger partial charge in [-0.05, 0) is 50.2 Å². The lowest BCUT2D eigenvalue weighted by Crippen LogP contribution is -2.31. The summed E-state index contributed by atoms with van der Waals surface area (Å²) >= 11 is 5.20. The average molecular weight is 352 g/mol. The molecular weight excluding hydrogens is 334 g/mol. The van der Waals surface area contributed by atoms with Crippen molar-refractivity contribution in [3.05, 3.63) is 34.9 Å². The van der Waals surface area contributed by atoms with Gasteiger partial charge in [0.15, 0.2) is 4.77 Å². The molecule has 1 heterocycles. The molecule has 1 saturated carbocycles. The highest BCUT2D eigenvalue weighted by atomic mass is 32.1. The summed E-state index contributed by atoms with van der Waals surface area (Å²) < 4.78 is 28.6. The molecule has 1 amide bonds. The second-order valence-electron chi connectivity index (χ2n) is 6.08. The van der Waals surface area contributed by atoms with E-state index >= 15 is 0 Å². The summed E-state index contributed by atoms with van der Waals surface area (Å²) in [6.07, 6.45) is -0.0299. The van der Waals surface area contributed by atoms with Crippen LogP contribution in [0.25, 0.3) is 5.69 Å². The number of aryl methyl sites for hydroxylation is 1. The van der Waals surface area contributed by atoms with Gasteiger partial charge in [-0.3, -0.25) is 14.5 Å². The maximum Gasteiger partial charge on any atom is 0.248 e. The fraction of sp³-hybridized carbons (Fsp3) is 0.438. The number of rotatable bonds is 3. The topological polar surface area (TPSA) is 62.7 Å². The molecule has 1 aliphatic carbocycles. The Bertz CT molecular complexity index is 804. The predicted octanol–water partition coefficient (Wildman–Crippen LogP) is 4.00. The molecule has 5 nitrogen and oxygen atoms in total. The number of alkyl halides is 2. The monoisotopic (exact) mass is 352 g/mol. The quantitative estimate of drug-likeness (QED) is 0.821. The van der Waals surface area contributed by atoms with Crippen molar-refractivity contribution in [2.24, 2.45) is 5.92 Å². The summed E-state index contributed by atoms with van der Waals surface area (Å²) in [4.78, 5) is 12.3. The zero-order valence-corrected chi connectivity index (χ0v) is 14.0. The standard InChI is InChI=1S/C16H18F2N4OS/c1-10-20-21-15(24)22(10)13-4-2-3-12(9-13)19-14(23)11-5-7-16(17,18)8-6-11/h2-4,9,11H,5-8H2,1H3,(H,19,23)(H,21,24). The van der Waals surface area contributed by atoms with Crippen molar-refractivity contribution in [3.8, 4) is 5.69 Å². The predicted molar refractivity (Wildman–Crippen MR) is 89.0 cm³/mol. The summed E-state index contributed by atoms with van der Waals surface area (Å²) in [5.41, 5.74) is 1.39. The first-order chi connectivity index (χ1) is 11.4. The SMILES string of the molecule is Cc1n[nH]c(=S)n1-c1cccc(NC(=O)C2CCC(F)(F)CC2)c1. The Morgan fingerprint density at radius 3 is 2.75 bits per heavy atom. The number of aromatic amines is 1. The van der Waals surface area contributed by atoms with Crippen molar-refractivity contribution < 1.29 is 13.6 Å². The molecule has 0 aliphatic heterocycles. The number of nitrogens with one attached hydrogen (secondary N) is 2. The number of benzene rings is 1. The van der Waals surface area contributed by atoms with Crippen LogP contribution in [0.1, 0.15) is 31.5 Å². The van der Waals surface area contributed by atoms with Gasteiger partial charge < -0.3 is 5.32 Å². The van der Waals surface area contributed by atoms with E-state index < -0.39 is 5.92 Å². The molecule has 1 aliphatic rings. The lowest BCUT2D eigenvalue weighted by molar-refractivity contribution is -0.124. The van der Waals surface area contributed by atoms with Crippen LogP contribution in [0.4, 0.5) is 14.5 Å². The Morgan fingerprint density at radius 1 is 1.42 bits per heavy atom. The van der Waals surface area contributed by atoms with E-state index in [-0.39, 0.29) is 37.5 Å². The molecule has 0 atom stereocenters. The van der Waals surface area contributed by atoms with E-state index in [0.29, 0.717) is 16.3 Å². The molecule has 2 N–H and O–H groups in total. The van der Waals surface area contributed by atoms with Crippen LogP contribution in [0, 0.1) is 17.6 Å². The molecule has 0 spiro atoms. The summed E-state index contributed by atoms with van der Waals surface area (Å²) in [5.74, 6) is -2.51. The summed E-state index contributed by atoms with van der Waals surface area (Å²) in [6.45, 7) is 1.82. The van der Waals surface area contributed by atoms with Gasteiger partial charge in [0.1, 0.15) is 5.82 Å². The third kappa shape index (κ3) is 3.53. The van der Waals surface area contributed by atoms with Gasteiger partial charge >= 0.3 is 0 Å². The number of anilines is 1. The number of H-pyrrole nitrogens is 1. The van der Waals surface area contributed by atoms with Gasteiger partial charge in [0.25, 0.3) is 0 Å². The zero-order chi connectivity index (χ0) is 17.3. The lowest BCUT2D eigenvalue weighted by Gasteiger charge is -2.27. The van der Waals surface area contributed by atoms with Gasteiger partial charge in [0, 0.05) is 24.4 Å². The van der Waals surface area contributed by atoms with Crippen LogP contribution in [0.5, 0.6) is 0 Å². The van der Waals surface area contributed by atoms with Crippen molar-refractivity contribution in [2.75, 3.05) is 5.32 Å². The third-order valence-electron chi connectivity index (χ3n) is 4.30. The molecule has 128 valence electrons. The Kier molecular flexibility index (Phi) is 4.49.